The molecule has 2 heteroatoms. The van der Waals surface area contributed by atoms with E-state index in [-0.39, 0.29) is 11.9 Å². The molecule has 0 spiro atoms. The van der Waals surface area contributed by atoms with Crippen LogP contribution in [0.5, 0.6) is 0 Å². The molecule has 0 aliphatic heterocycles. The van der Waals surface area contributed by atoms with Gasteiger partial charge in [0.15, 0.2) is 0 Å². The Bertz CT molecular complexity index is 294. The van der Waals surface area contributed by atoms with Crippen molar-refractivity contribution in [1.29, 1.82) is 0 Å². The standard InChI is InChI=1S/C10H10O2/c1-2-12-10(11)9-7-5-3-4-6-8(7)9/h3-6,9H,2H2,1H3. The lowest BCUT2D eigenvalue weighted by Crippen LogP contribution is -2.04. The second-order valence-corrected chi connectivity index (χ2v) is 2.81. The normalized spacial score (nSPS) is 13.8. The summed E-state index contributed by atoms with van der Waals surface area (Å²) in [5.41, 5.74) is 2.24. The van der Waals surface area contributed by atoms with Crippen LogP contribution in [-0.4, -0.2) is 12.6 Å². The predicted molar refractivity (Wildman–Crippen MR) is 44.9 cm³/mol. The molecule has 0 aromatic heterocycles. The molecule has 62 valence electrons. The molecule has 0 heterocycles. The molecule has 0 unspecified atom stereocenters. The van der Waals surface area contributed by atoms with E-state index in [1.807, 2.05) is 31.2 Å². The number of carbonyl (C=O) groups excluding carboxylic acids is 1. The van der Waals surface area contributed by atoms with E-state index in [0.717, 1.165) is 11.1 Å². The number of carbonyl (C=O) groups is 1. The highest BCUT2D eigenvalue weighted by atomic mass is 16.5. The van der Waals surface area contributed by atoms with Crippen LogP contribution in [0.25, 0.3) is 0 Å². The van der Waals surface area contributed by atoms with Crippen molar-refractivity contribution in [2.24, 2.45) is 0 Å². The minimum atomic E-state index is -0.112. The first-order valence-corrected chi connectivity index (χ1v) is 4.10. The van der Waals surface area contributed by atoms with Gasteiger partial charge in [0, 0.05) is 0 Å². The van der Waals surface area contributed by atoms with Crippen LogP contribution in [0.4, 0.5) is 0 Å². The number of ether oxygens (including phenoxy) is 1. The summed E-state index contributed by atoms with van der Waals surface area (Å²) in [6.45, 7) is 2.29. The first-order valence-electron chi connectivity index (χ1n) is 4.10. The second kappa shape index (κ2) is 2.63. The summed E-state index contributed by atoms with van der Waals surface area (Å²) in [6, 6.07) is 7.82. The van der Waals surface area contributed by atoms with E-state index >= 15 is 0 Å². The smallest absolute Gasteiger partial charge is 0.317 e. The van der Waals surface area contributed by atoms with Gasteiger partial charge in [-0.15, -0.1) is 0 Å². The van der Waals surface area contributed by atoms with Crippen LogP contribution < -0.4 is 0 Å². The van der Waals surface area contributed by atoms with E-state index in [0.29, 0.717) is 6.61 Å². The minimum absolute atomic E-state index is 0.0556. The Kier molecular flexibility index (Phi) is 1.61. The van der Waals surface area contributed by atoms with Gasteiger partial charge in [-0.2, -0.15) is 0 Å². The zero-order valence-corrected chi connectivity index (χ0v) is 6.91. The van der Waals surface area contributed by atoms with Gasteiger partial charge >= 0.3 is 5.97 Å². The van der Waals surface area contributed by atoms with Crippen molar-refractivity contribution in [2.75, 3.05) is 6.61 Å². The number of hydrogen-bond acceptors (Lipinski definition) is 2. The fourth-order valence-corrected chi connectivity index (χ4v) is 1.44. The summed E-state index contributed by atoms with van der Waals surface area (Å²) in [6.07, 6.45) is 0. The highest BCUT2D eigenvalue weighted by Crippen LogP contribution is 2.43. The van der Waals surface area contributed by atoms with Crippen LogP contribution in [0.1, 0.15) is 24.0 Å². The molecule has 1 aromatic carbocycles. The third-order valence-electron chi connectivity index (χ3n) is 2.06. The quantitative estimate of drug-likeness (QED) is 0.618. The van der Waals surface area contributed by atoms with Crippen molar-refractivity contribution in [1.82, 2.24) is 0 Å². The lowest BCUT2D eigenvalue weighted by molar-refractivity contribution is -0.142. The summed E-state index contributed by atoms with van der Waals surface area (Å²) in [4.78, 5) is 11.2. The zero-order valence-electron chi connectivity index (χ0n) is 6.91. The van der Waals surface area contributed by atoms with Gasteiger partial charge in [0.1, 0.15) is 5.92 Å². The Balaban J connectivity index is 2.10. The second-order valence-electron chi connectivity index (χ2n) is 2.81. The zero-order chi connectivity index (χ0) is 8.55. The third-order valence-corrected chi connectivity index (χ3v) is 2.06. The van der Waals surface area contributed by atoms with Crippen molar-refractivity contribution in [3.63, 3.8) is 0 Å². The summed E-state index contributed by atoms with van der Waals surface area (Å²) < 4.78 is 4.91. The largest absolute Gasteiger partial charge is 0.465 e. The van der Waals surface area contributed by atoms with Gasteiger partial charge in [-0.1, -0.05) is 24.3 Å². The van der Waals surface area contributed by atoms with E-state index in [2.05, 4.69) is 0 Å². The van der Waals surface area contributed by atoms with Crippen molar-refractivity contribution < 1.29 is 9.53 Å². The number of hydrogen-bond donors (Lipinski definition) is 0. The van der Waals surface area contributed by atoms with Crippen molar-refractivity contribution in [3.05, 3.63) is 35.4 Å². The molecule has 1 aliphatic rings. The van der Waals surface area contributed by atoms with Crippen molar-refractivity contribution in [2.45, 2.75) is 12.8 Å². The molecule has 0 saturated heterocycles. The minimum Gasteiger partial charge on any atom is -0.465 e. The van der Waals surface area contributed by atoms with Crippen molar-refractivity contribution >= 4 is 5.97 Å². The number of esters is 1. The fourth-order valence-electron chi connectivity index (χ4n) is 1.44. The molecule has 2 nitrogen and oxygen atoms in total. The first-order chi connectivity index (χ1) is 5.84. The molecule has 0 amide bonds. The Labute approximate surface area is 71.2 Å². The molecule has 0 atom stereocenters. The average molecular weight is 162 g/mol. The Morgan fingerprint density at radius 3 is 2.50 bits per heavy atom. The third kappa shape index (κ3) is 0.998. The maximum absolute atomic E-state index is 11.2. The molecule has 0 saturated carbocycles. The topological polar surface area (TPSA) is 26.3 Å². The van der Waals surface area contributed by atoms with E-state index in [9.17, 15) is 4.79 Å². The van der Waals surface area contributed by atoms with Gasteiger partial charge in [-0.25, -0.2) is 0 Å². The van der Waals surface area contributed by atoms with Gasteiger partial charge in [0.2, 0.25) is 0 Å². The van der Waals surface area contributed by atoms with Gasteiger partial charge in [-0.3, -0.25) is 4.79 Å². The maximum atomic E-state index is 11.2. The SMILES string of the molecule is CCOC(=O)C1c2ccccc21. The highest BCUT2D eigenvalue weighted by molar-refractivity contribution is 5.90. The molecule has 0 N–H and O–H groups in total. The van der Waals surface area contributed by atoms with E-state index < -0.39 is 0 Å². The van der Waals surface area contributed by atoms with E-state index in [4.69, 9.17) is 4.74 Å². The molecule has 0 radical (unpaired) electrons. The van der Waals surface area contributed by atoms with Gasteiger partial charge in [-0.05, 0) is 18.1 Å². The van der Waals surface area contributed by atoms with Gasteiger partial charge in [0.25, 0.3) is 0 Å². The summed E-state index contributed by atoms with van der Waals surface area (Å²) in [7, 11) is 0. The monoisotopic (exact) mass is 162 g/mol. The van der Waals surface area contributed by atoms with E-state index in [1.54, 1.807) is 0 Å². The summed E-state index contributed by atoms with van der Waals surface area (Å²) in [5.74, 6) is -0.168. The van der Waals surface area contributed by atoms with E-state index in [1.165, 1.54) is 0 Å². The van der Waals surface area contributed by atoms with Crippen molar-refractivity contribution in [3.8, 4) is 0 Å². The first kappa shape index (κ1) is 7.35. The molecule has 2 rings (SSSR count). The van der Waals surface area contributed by atoms with Crippen LogP contribution in [0.3, 0.4) is 0 Å². The molecule has 1 aliphatic carbocycles. The molecular weight excluding hydrogens is 152 g/mol. The van der Waals surface area contributed by atoms with Crippen LogP contribution in [-0.2, 0) is 9.53 Å². The van der Waals surface area contributed by atoms with Crippen LogP contribution in [0.2, 0.25) is 0 Å². The molecule has 12 heavy (non-hydrogen) atoms. The lowest BCUT2D eigenvalue weighted by Gasteiger charge is -1.97. The van der Waals surface area contributed by atoms with Crippen LogP contribution in [0.15, 0.2) is 24.3 Å². The average Bonchev–Trinajstić information content (AvgIpc) is 2.78. The Morgan fingerprint density at radius 2 is 2.00 bits per heavy atom. The molecular formula is C10H10O2. The summed E-state index contributed by atoms with van der Waals surface area (Å²) in [5, 5.41) is 0. The molecule has 0 fully saturated rings. The fraction of sp³-hybridized carbons (Fsp3) is 0.300. The lowest BCUT2D eigenvalue weighted by atomic mass is 10.3. The Morgan fingerprint density at radius 1 is 1.42 bits per heavy atom. The predicted octanol–water partition coefficient (Wildman–Crippen LogP) is 1.70. The molecule has 1 aromatic rings. The number of fused-ring (bicyclic) bond motifs is 1. The van der Waals surface area contributed by atoms with Gasteiger partial charge in [0.05, 0.1) is 6.61 Å². The number of rotatable bonds is 2. The maximum Gasteiger partial charge on any atom is 0.317 e. The highest BCUT2D eigenvalue weighted by Gasteiger charge is 2.39. The van der Waals surface area contributed by atoms with Gasteiger partial charge < -0.3 is 4.74 Å². The molecule has 0 bridgehead atoms. The van der Waals surface area contributed by atoms with Crippen LogP contribution >= 0.6 is 0 Å². The van der Waals surface area contributed by atoms with Crippen LogP contribution in [0, 0.1) is 0 Å². The Hall–Kier alpha value is -1.31. The number of benzene rings is 1. The summed E-state index contributed by atoms with van der Waals surface area (Å²) >= 11 is 0.